The molecule has 1 saturated heterocycles. The number of amides is 1. The zero-order valence-electron chi connectivity index (χ0n) is 20.2. The summed E-state index contributed by atoms with van der Waals surface area (Å²) in [6, 6.07) is 7.03. The summed E-state index contributed by atoms with van der Waals surface area (Å²) < 4.78 is 7.87. The minimum atomic E-state index is 0.139. The van der Waals surface area contributed by atoms with Crippen LogP contribution in [-0.4, -0.2) is 60.5 Å². The van der Waals surface area contributed by atoms with E-state index in [4.69, 9.17) is 9.84 Å². The third-order valence-electron chi connectivity index (χ3n) is 6.79. The van der Waals surface area contributed by atoms with Gasteiger partial charge in [-0.25, -0.2) is 0 Å². The Balaban J connectivity index is 0.00000119. The van der Waals surface area contributed by atoms with Crippen LogP contribution in [0.1, 0.15) is 56.5 Å². The van der Waals surface area contributed by atoms with Crippen molar-refractivity contribution in [3.63, 3.8) is 0 Å². The molecule has 0 unspecified atom stereocenters. The summed E-state index contributed by atoms with van der Waals surface area (Å²) in [6.45, 7) is 12.7. The molecule has 0 radical (unpaired) electrons. The summed E-state index contributed by atoms with van der Waals surface area (Å²) in [5.74, 6) is 1.17. The third-order valence-corrected chi connectivity index (χ3v) is 6.79. The summed E-state index contributed by atoms with van der Waals surface area (Å²) in [5.41, 5.74) is 6.24. The van der Waals surface area contributed by atoms with Gasteiger partial charge in [0, 0.05) is 64.5 Å². The molecular weight excluding hydrogens is 402 g/mol. The Labute approximate surface area is 191 Å². The predicted octanol–water partition coefficient (Wildman–Crippen LogP) is 4.06. The number of aromatic nitrogens is 2. The molecule has 5 rings (SSSR count). The first-order chi connectivity index (χ1) is 15.5. The predicted molar refractivity (Wildman–Crippen MR) is 129 cm³/mol. The van der Waals surface area contributed by atoms with E-state index in [0.29, 0.717) is 12.6 Å². The number of hydrogen-bond donors (Lipinski definition) is 0. The highest BCUT2D eigenvalue weighted by Crippen LogP contribution is 2.41. The number of rotatable bonds is 2. The molecule has 2 aromatic rings. The largest absolute Gasteiger partial charge is 0.381 e. The van der Waals surface area contributed by atoms with Crippen LogP contribution in [0.5, 0.6) is 0 Å². The Morgan fingerprint density at radius 3 is 2.56 bits per heavy atom. The van der Waals surface area contributed by atoms with Crippen LogP contribution in [0.4, 0.5) is 17.2 Å². The Hall–Kier alpha value is -2.54. The summed E-state index contributed by atoms with van der Waals surface area (Å²) >= 11 is 0. The van der Waals surface area contributed by atoms with E-state index in [1.807, 2.05) is 18.7 Å². The molecule has 0 atom stereocenters. The van der Waals surface area contributed by atoms with Gasteiger partial charge in [0.25, 0.3) is 0 Å². The highest BCUT2D eigenvalue weighted by Gasteiger charge is 2.33. The third kappa shape index (κ3) is 4.10. The molecule has 0 saturated carbocycles. The molecule has 32 heavy (non-hydrogen) atoms. The number of anilines is 3. The molecule has 4 heterocycles. The van der Waals surface area contributed by atoms with E-state index in [0.717, 1.165) is 57.9 Å². The summed E-state index contributed by atoms with van der Waals surface area (Å²) in [4.78, 5) is 18.8. The van der Waals surface area contributed by atoms with Gasteiger partial charge in [-0.2, -0.15) is 5.10 Å². The molecular formula is C25H37N5O2. The van der Waals surface area contributed by atoms with Gasteiger partial charge in [-0.05, 0) is 37.5 Å². The number of likely N-dealkylation sites (N-methyl/N-ethyl adjacent to an activating group) is 1. The van der Waals surface area contributed by atoms with Gasteiger partial charge in [0.2, 0.25) is 5.91 Å². The number of aryl methyl sites for hydroxylation is 1. The quantitative estimate of drug-likeness (QED) is 0.706. The standard InChI is InChI=1S/C23H31N5O2.C2H6/c1-16-4-5-21-22(14-16)25(3)10-11-27(21)23-19-15-26(17(2)29)9-6-20(19)28(24-23)18-7-12-30-13-8-18;1-2/h4-5,14,18H,6-13,15H2,1-3H3;1-2H3. The zero-order valence-corrected chi connectivity index (χ0v) is 20.2. The van der Waals surface area contributed by atoms with E-state index < -0.39 is 0 Å². The highest BCUT2D eigenvalue weighted by atomic mass is 16.5. The Bertz CT molecular complexity index is 963. The van der Waals surface area contributed by atoms with Gasteiger partial charge in [-0.15, -0.1) is 0 Å². The molecule has 7 nitrogen and oxygen atoms in total. The number of ether oxygens (including phenoxy) is 1. The van der Waals surface area contributed by atoms with E-state index in [-0.39, 0.29) is 5.91 Å². The number of benzene rings is 1. The molecule has 3 aliphatic rings. The minimum Gasteiger partial charge on any atom is -0.381 e. The maximum atomic E-state index is 12.1. The Morgan fingerprint density at radius 2 is 1.84 bits per heavy atom. The van der Waals surface area contributed by atoms with Gasteiger partial charge in [-0.3, -0.25) is 9.48 Å². The van der Waals surface area contributed by atoms with Crippen molar-refractivity contribution < 1.29 is 9.53 Å². The number of hydrogen-bond acceptors (Lipinski definition) is 5. The highest BCUT2D eigenvalue weighted by molar-refractivity contribution is 5.80. The van der Waals surface area contributed by atoms with Crippen molar-refractivity contribution in [3.05, 3.63) is 35.0 Å². The number of fused-ring (bicyclic) bond motifs is 2. The fraction of sp³-hybridized carbons (Fsp3) is 0.600. The summed E-state index contributed by atoms with van der Waals surface area (Å²) in [5, 5.41) is 5.21. The lowest BCUT2D eigenvalue weighted by molar-refractivity contribution is -0.129. The smallest absolute Gasteiger partial charge is 0.219 e. The molecule has 1 aromatic heterocycles. The van der Waals surface area contributed by atoms with Gasteiger partial charge in [0.05, 0.1) is 24.0 Å². The number of carbonyl (C=O) groups is 1. The molecule has 0 aliphatic carbocycles. The minimum absolute atomic E-state index is 0.139. The first-order valence-corrected chi connectivity index (χ1v) is 12.1. The monoisotopic (exact) mass is 439 g/mol. The molecule has 0 spiro atoms. The fourth-order valence-corrected chi connectivity index (χ4v) is 5.02. The summed E-state index contributed by atoms with van der Waals surface area (Å²) in [6.07, 6.45) is 2.87. The van der Waals surface area contributed by atoms with E-state index in [9.17, 15) is 4.79 Å². The Kier molecular flexibility index (Phi) is 6.74. The average molecular weight is 440 g/mol. The fourth-order valence-electron chi connectivity index (χ4n) is 5.02. The lowest BCUT2D eigenvalue weighted by Crippen LogP contribution is -2.38. The molecule has 1 aromatic carbocycles. The van der Waals surface area contributed by atoms with Crippen molar-refractivity contribution in [1.82, 2.24) is 14.7 Å². The second kappa shape index (κ2) is 9.53. The SMILES string of the molecule is CC.CC(=O)N1CCc2c(c(N3CCN(C)c4cc(C)ccc43)nn2C2CCOCC2)C1. The van der Waals surface area contributed by atoms with Gasteiger partial charge in [0.1, 0.15) is 0 Å². The number of nitrogens with zero attached hydrogens (tertiary/aromatic N) is 5. The molecule has 1 fully saturated rings. The van der Waals surface area contributed by atoms with Gasteiger partial charge in [0.15, 0.2) is 5.82 Å². The van der Waals surface area contributed by atoms with Crippen LogP contribution < -0.4 is 9.80 Å². The van der Waals surface area contributed by atoms with Crippen molar-refractivity contribution in [2.45, 2.75) is 59.5 Å². The van der Waals surface area contributed by atoms with Crippen molar-refractivity contribution >= 4 is 23.1 Å². The molecule has 7 heteroatoms. The van der Waals surface area contributed by atoms with Crippen molar-refractivity contribution in [2.75, 3.05) is 49.7 Å². The summed E-state index contributed by atoms with van der Waals surface area (Å²) in [7, 11) is 2.16. The first kappa shape index (κ1) is 22.6. The van der Waals surface area contributed by atoms with Crippen LogP contribution in [0.15, 0.2) is 18.2 Å². The second-order valence-electron chi connectivity index (χ2n) is 8.79. The van der Waals surface area contributed by atoms with Crippen LogP contribution in [0.3, 0.4) is 0 Å². The van der Waals surface area contributed by atoms with Crippen molar-refractivity contribution in [2.24, 2.45) is 0 Å². The van der Waals surface area contributed by atoms with Gasteiger partial charge >= 0.3 is 0 Å². The topological polar surface area (TPSA) is 53.8 Å². The van der Waals surface area contributed by atoms with Crippen LogP contribution in [0.2, 0.25) is 0 Å². The normalized spacial score (nSPS) is 18.6. The number of carbonyl (C=O) groups excluding carboxylic acids is 1. The van der Waals surface area contributed by atoms with E-state index in [2.05, 4.69) is 46.7 Å². The average Bonchev–Trinajstić information content (AvgIpc) is 3.20. The lowest BCUT2D eigenvalue weighted by Gasteiger charge is -2.37. The Morgan fingerprint density at radius 1 is 1.09 bits per heavy atom. The van der Waals surface area contributed by atoms with Gasteiger partial charge < -0.3 is 19.4 Å². The zero-order chi connectivity index (χ0) is 22.8. The van der Waals surface area contributed by atoms with Crippen LogP contribution in [0.25, 0.3) is 0 Å². The maximum Gasteiger partial charge on any atom is 0.219 e. The van der Waals surface area contributed by atoms with E-state index >= 15 is 0 Å². The van der Waals surface area contributed by atoms with E-state index in [1.54, 1.807) is 6.92 Å². The molecule has 174 valence electrons. The van der Waals surface area contributed by atoms with E-state index in [1.165, 1.54) is 28.2 Å². The molecule has 1 amide bonds. The molecule has 0 bridgehead atoms. The van der Waals surface area contributed by atoms with Crippen LogP contribution >= 0.6 is 0 Å². The van der Waals surface area contributed by atoms with Gasteiger partial charge in [-0.1, -0.05) is 19.9 Å². The molecule has 3 aliphatic heterocycles. The second-order valence-corrected chi connectivity index (χ2v) is 8.79. The van der Waals surface area contributed by atoms with Crippen molar-refractivity contribution in [1.29, 1.82) is 0 Å². The first-order valence-electron chi connectivity index (χ1n) is 12.1. The maximum absolute atomic E-state index is 12.1. The van der Waals surface area contributed by atoms with Crippen LogP contribution in [-0.2, 0) is 22.5 Å². The lowest BCUT2D eigenvalue weighted by atomic mass is 10.0. The molecule has 0 N–H and O–H groups in total. The van der Waals surface area contributed by atoms with Crippen LogP contribution in [0, 0.1) is 6.92 Å². The van der Waals surface area contributed by atoms with Crippen molar-refractivity contribution in [3.8, 4) is 0 Å².